The van der Waals surface area contributed by atoms with E-state index in [2.05, 4.69) is 20.6 Å². The summed E-state index contributed by atoms with van der Waals surface area (Å²) in [6.45, 7) is 0. The van der Waals surface area contributed by atoms with E-state index in [0.29, 0.717) is 17.0 Å². The van der Waals surface area contributed by atoms with Crippen LogP contribution in [0.2, 0.25) is 0 Å². The zero-order chi connectivity index (χ0) is 20.3. The number of tetrazole rings is 1. The van der Waals surface area contributed by atoms with Crippen molar-refractivity contribution < 1.29 is 13.2 Å². The summed E-state index contributed by atoms with van der Waals surface area (Å²) in [4.78, 5) is 0.278. The fourth-order valence-electron chi connectivity index (χ4n) is 3.03. The molecule has 0 aliphatic heterocycles. The van der Waals surface area contributed by atoms with Crippen LogP contribution in [0.4, 0.5) is 0 Å². The first-order valence-electron chi connectivity index (χ1n) is 8.85. The van der Waals surface area contributed by atoms with Crippen LogP contribution in [0.15, 0.2) is 77.7 Å². The molecule has 1 heterocycles. The minimum atomic E-state index is -3.49. The standard InChI is InChI=1S/C21H18N4O3S/c1-28-19-9-5-16(6-10-19)17-7-11-20(12-8-17)29(26,27)14-15-3-2-4-18(13-15)21-22-24-25-23-21/h2-13H,14H2,1H3,(H,22,23,24,25). The first-order valence-corrected chi connectivity index (χ1v) is 10.5. The Kier molecular flexibility index (Phi) is 5.09. The molecule has 4 aromatic rings. The normalized spacial score (nSPS) is 11.3. The summed E-state index contributed by atoms with van der Waals surface area (Å²) in [5, 5.41) is 13.8. The molecule has 0 saturated heterocycles. The maximum Gasteiger partial charge on any atom is 0.204 e. The smallest absolute Gasteiger partial charge is 0.204 e. The van der Waals surface area contributed by atoms with E-state index in [-0.39, 0.29) is 10.6 Å². The van der Waals surface area contributed by atoms with Gasteiger partial charge < -0.3 is 4.74 Å². The van der Waals surface area contributed by atoms with Crippen molar-refractivity contribution in [1.82, 2.24) is 20.6 Å². The lowest BCUT2D eigenvalue weighted by molar-refractivity contribution is 0.415. The zero-order valence-electron chi connectivity index (χ0n) is 15.6. The third kappa shape index (κ3) is 4.17. The topological polar surface area (TPSA) is 97.8 Å². The van der Waals surface area contributed by atoms with E-state index in [1.54, 1.807) is 37.4 Å². The largest absolute Gasteiger partial charge is 0.497 e. The average Bonchev–Trinajstić information content (AvgIpc) is 3.29. The van der Waals surface area contributed by atoms with Crippen LogP contribution in [-0.4, -0.2) is 36.2 Å². The van der Waals surface area contributed by atoms with Gasteiger partial charge in [0.2, 0.25) is 5.82 Å². The fourth-order valence-corrected chi connectivity index (χ4v) is 4.36. The molecule has 1 aromatic heterocycles. The van der Waals surface area contributed by atoms with Crippen LogP contribution in [0.1, 0.15) is 5.56 Å². The number of benzene rings is 3. The predicted molar refractivity (Wildman–Crippen MR) is 109 cm³/mol. The monoisotopic (exact) mass is 406 g/mol. The van der Waals surface area contributed by atoms with E-state index >= 15 is 0 Å². The number of nitrogens with one attached hydrogen (secondary N) is 1. The van der Waals surface area contributed by atoms with Crippen molar-refractivity contribution in [2.45, 2.75) is 10.6 Å². The molecule has 0 saturated carbocycles. The fraction of sp³-hybridized carbons (Fsp3) is 0.0952. The molecule has 1 N–H and O–H groups in total. The summed E-state index contributed by atoms with van der Waals surface area (Å²) in [5.74, 6) is 1.09. The summed E-state index contributed by atoms with van der Waals surface area (Å²) < 4.78 is 30.9. The third-order valence-corrected chi connectivity index (χ3v) is 6.23. The number of sulfone groups is 1. The number of rotatable bonds is 6. The van der Waals surface area contributed by atoms with Gasteiger partial charge in [0.1, 0.15) is 5.75 Å². The number of methoxy groups -OCH3 is 1. The molecule has 7 nitrogen and oxygen atoms in total. The Balaban J connectivity index is 1.55. The Hall–Kier alpha value is -3.52. The van der Waals surface area contributed by atoms with Gasteiger partial charge in [0.25, 0.3) is 0 Å². The molecular formula is C21H18N4O3S. The molecule has 3 aromatic carbocycles. The quantitative estimate of drug-likeness (QED) is 0.526. The number of ether oxygens (including phenoxy) is 1. The first kappa shape index (κ1) is 18.8. The summed E-state index contributed by atoms with van der Waals surface area (Å²) in [5.41, 5.74) is 3.29. The molecule has 8 heteroatoms. The molecule has 146 valence electrons. The molecule has 0 aliphatic carbocycles. The summed E-state index contributed by atoms with van der Waals surface area (Å²) in [6.07, 6.45) is 0. The lowest BCUT2D eigenvalue weighted by atomic mass is 10.1. The minimum Gasteiger partial charge on any atom is -0.497 e. The lowest BCUT2D eigenvalue weighted by Gasteiger charge is -2.08. The second kappa shape index (κ2) is 7.84. The second-order valence-corrected chi connectivity index (χ2v) is 8.44. The first-order chi connectivity index (χ1) is 14.0. The van der Waals surface area contributed by atoms with Gasteiger partial charge in [-0.25, -0.2) is 8.42 Å². The highest BCUT2D eigenvalue weighted by Gasteiger charge is 2.16. The van der Waals surface area contributed by atoms with Gasteiger partial charge in [-0.1, -0.05) is 42.5 Å². The number of H-pyrrole nitrogens is 1. The molecule has 0 amide bonds. The van der Waals surface area contributed by atoms with Crippen molar-refractivity contribution in [2.75, 3.05) is 7.11 Å². The average molecular weight is 406 g/mol. The van der Waals surface area contributed by atoms with Gasteiger partial charge in [-0.15, -0.1) is 10.2 Å². The highest BCUT2D eigenvalue weighted by molar-refractivity contribution is 7.90. The number of aromatic amines is 1. The molecule has 0 bridgehead atoms. The van der Waals surface area contributed by atoms with Gasteiger partial charge in [-0.3, -0.25) is 0 Å². The van der Waals surface area contributed by atoms with Gasteiger partial charge in [0.05, 0.1) is 17.8 Å². The van der Waals surface area contributed by atoms with Crippen LogP contribution in [0.5, 0.6) is 5.75 Å². The molecule has 0 unspecified atom stereocenters. The van der Waals surface area contributed by atoms with Crippen LogP contribution < -0.4 is 4.74 Å². The number of aromatic nitrogens is 4. The Morgan fingerprint density at radius 3 is 2.21 bits per heavy atom. The van der Waals surface area contributed by atoms with Crippen LogP contribution in [0, 0.1) is 0 Å². The van der Waals surface area contributed by atoms with Crippen molar-refractivity contribution in [3.05, 3.63) is 78.4 Å². The van der Waals surface area contributed by atoms with Gasteiger partial charge in [0, 0.05) is 5.56 Å². The van der Waals surface area contributed by atoms with Crippen LogP contribution in [-0.2, 0) is 15.6 Å². The molecule has 0 radical (unpaired) electrons. The molecule has 0 atom stereocenters. The van der Waals surface area contributed by atoms with E-state index < -0.39 is 9.84 Å². The Bertz CT molecular complexity index is 1200. The summed E-state index contributed by atoms with van der Waals surface area (Å²) >= 11 is 0. The van der Waals surface area contributed by atoms with Crippen molar-refractivity contribution in [3.8, 4) is 28.3 Å². The van der Waals surface area contributed by atoms with E-state index in [1.807, 2.05) is 42.5 Å². The van der Waals surface area contributed by atoms with E-state index in [0.717, 1.165) is 16.9 Å². The van der Waals surface area contributed by atoms with Crippen molar-refractivity contribution >= 4 is 9.84 Å². The lowest BCUT2D eigenvalue weighted by Crippen LogP contribution is -2.05. The molecule has 0 fully saturated rings. The number of hydrogen-bond donors (Lipinski definition) is 1. The molecule has 0 aliphatic rings. The van der Waals surface area contributed by atoms with Crippen LogP contribution in [0.25, 0.3) is 22.5 Å². The van der Waals surface area contributed by atoms with E-state index in [1.165, 1.54) is 0 Å². The Morgan fingerprint density at radius 1 is 0.897 bits per heavy atom. The number of nitrogens with zero attached hydrogens (tertiary/aromatic N) is 3. The summed E-state index contributed by atoms with van der Waals surface area (Å²) in [7, 11) is -1.88. The van der Waals surface area contributed by atoms with Crippen molar-refractivity contribution in [3.63, 3.8) is 0 Å². The highest BCUT2D eigenvalue weighted by Crippen LogP contribution is 2.25. The van der Waals surface area contributed by atoms with Gasteiger partial charge >= 0.3 is 0 Å². The van der Waals surface area contributed by atoms with Crippen LogP contribution in [0.3, 0.4) is 0 Å². The third-order valence-electron chi connectivity index (χ3n) is 4.52. The van der Waals surface area contributed by atoms with Crippen molar-refractivity contribution in [1.29, 1.82) is 0 Å². The van der Waals surface area contributed by atoms with Gasteiger partial charge in [0.15, 0.2) is 9.84 Å². The van der Waals surface area contributed by atoms with Gasteiger partial charge in [-0.05, 0) is 52.2 Å². The SMILES string of the molecule is COc1ccc(-c2ccc(S(=O)(=O)Cc3cccc(-c4nn[nH]n4)c3)cc2)cc1. The highest BCUT2D eigenvalue weighted by atomic mass is 32.2. The number of hydrogen-bond acceptors (Lipinski definition) is 6. The predicted octanol–water partition coefficient (Wildman–Crippen LogP) is 3.52. The summed E-state index contributed by atoms with van der Waals surface area (Å²) in [6, 6.07) is 21.6. The minimum absolute atomic E-state index is 0.111. The van der Waals surface area contributed by atoms with Crippen molar-refractivity contribution in [2.24, 2.45) is 0 Å². The molecule has 4 rings (SSSR count). The van der Waals surface area contributed by atoms with Crippen LogP contribution >= 0.6 is 0 Å². The maximum absolute atomic E-state index is 12.9. The molecular weight excluding hydrogens is 388 g/mol. The van der Waals surface area contributed by atoms with Gasteiger partial charge in [-0.2, -0.15) is 5.21 Å². The maximum atomic E-state index is 12.9. The Morgan fingerprint density at radius 2 is 1.59 bits per heavy atom. The second-order valence-electron chi connectivity index (χ2n) is 6.45. The van der Waals surface area contributed by atoms with E-state index in [9.17, 15) is 8.42 Å². The molecule has 29 heavy (non-hydrogen) atoms. The zero-order valence-corrected chi connectivity index (χ0v) is 16.4. The molecule has 0 spiro atoms. The Labute approximate surface area is 168 Å². The van der Waals surface area contributed by atoms with E-state index in [4.69, 9.17) is 4.74 Å².